The van der Waals surface area contributed by atoms with Crippen molar-refractivity contribution in [3.63, 3.8) is 0 Å². The van der Waals surface area contributed by atoms with E-state index in [1.165, 1.54) is 12.3 Å². The highest BCUT2D eigenvalue weighted by Gasteiger charge is 2.24. The van der Waals surface area contributed by atoms with Gasteiger partial charge in [-0.05, 0) is 12.1 Å². The van der Waals surface area contributed by atoms with Gasteiger partial charge in [-0.25, -0.2) is 4.79 Å². The van der Waals surface area contributed by atoms with E-state index < -0.39 is 17.9 Å². The second-order valence-electron chi connectivity index (χ2n) is 4.79. The third-order valence-electron chi connectivity index (χ3n) is 3.12. The zero-order chi connectivity index (χ0) is 16.8. The maximum Gasteiger partial charge on any atom is 0.328 e. The molecule has 1 atom stereocenters. The van der Waals surface area contributed by atoms with Gasteiger partial charge < -0.3 is 19.7 Å². The predicted molar refractivity (Wildman–Crippen MR) is 82.4 cm³/mol. The fraction of sp³-hybridized carbons (Fsp3) is 0.267. The van der Waals surface area contributed by atoms with Gasteiger partial charge in [0, 0.05) is 19.4 Å². The van der Waals surface area contributed by atoms with Crippen LogP contribution < -0.4 is 5.32 Å². The highest BCUT2D eigenvalue weighted by Crippen LogP contribution is 2.14. The Hall–Kier alpha value is -2.87. The number of amides is 1. The number of carboxylic acid groups (broad SMARTS) is 1. The molecule has 23 heavy (non-hydrogen) atoms. The fourth-order valence-corrected chi connectivity index (χ4v) is 2.05. The minimum atomic E-state index is -1.17. The number of carboxylic acids is 1. The maximum atomic E-state index is 12.4. The summed E-state index contributed by atoms with van der Waals surface area (Å²) in [7, 11) is 1.70. The first kappa shape index (κ1) is 16.5. The Balaban J connectivity index is 2.17. The summed E-state index contributed by atoms with van der Waals surface area (Å²) in [6.07, 6.45) is 6.45. The molecule has 8 nitrogen and oxygen atoms in total. The van der Waals surface area contributed by atoms with Crippen molar-refractivity contribution in [1.29, 1.82) is 0 Å². The second-order valence-corrected chi connectivity index (χ2v) is 4.79. The van der Waals surface area contributed by atoms with Crippen molar-refractivity contribution >= 4 is 11.9 Å². The van der Waals surface area contributed by atoms with Crippen LogP contribution in [0.5, 0.6) is 0 Å². The van der Waals surface area contributed by atoms with Crippen LogP contribution in [-0.2, 0) is 16.6 Å². The first-order chi connectivity index (χ1) is 11.0. The molecule has 0 spiro atoms. The minimum absolute atomic E-state index is 0.147. The molecule has 0 saturated carbocycles. The van der Waals surface area contributed by atoms with Crippen molar-refractivity contribution in [2.24, 2.45) is 7.05 Å². The molecule has 2 aromatic rings. The van der Waals surface area contributed by atoms with Gasteiger partial charge in [0.25, 0.3) is 5.91 Å². The number of carbonyl (C=O) groups is 2. The Morgan fingerprint density at radius 3 is 2.78 bits per heavy atom. The molecule has 1 amide bonds. The molecule has 2 heterocycles. The fourth-order valence-electron chi connectivity index (χ4n) is 2.05. The van der Waals surface area contributed by atoms with Gasteiger partial charge in [-0.3, -0.25) is 9.48 Å². The van der Waals surface area contributed by atoms with Crippen molar-refractivity contribution in [3.05, 3.63) is 48.9 Å². The van der Waals surface area contributed by atoms with Gasteiger partial charge in [-0.15, -0.1) is 6.58 Å². The molecule has 0 aliphatic rings. The number of aliphatic carboxylic acids is 1. The highest BCUT2D eigenvalue weighted by atomic mass is 16.5. The molecule has 0 fully saturated rings. The van der Waals surface area contributed by atoms with Crippen LogP contribution in [0.2, 0.25) is 0 Å². The summed E-state index contributed by atoms with van der Waals surface area (Å²) >= 11 is 0. The van der Waals surface area contributed by atoms with Crippen LogP contribution in [0.15, 0.2) is 43.4 Å². The van der Waals surface area contributed by atoms with Gasteiger partial charge in [-0.1, -0.05) is 6.08 Å². The topological polar surface area (TPSA) is 98.4 Å². The first-order valence-corrected chi connectivity index (χ1v) is 6.92. The van der Waals surface area contributed by atoms with Gasteiger partial charge in [0.1, 0.15) is 11.4 Å². The van der Waals surface area contributed by atoms with Gasteiger partial charge in [0.2, 0.25) is 0 Å². The molecular formula is C15H18N4O4. The quantitative estimate of drug-likeness (QED) is 0.548. The number of hydrogen-bond donors (Lipinski definition) is 2. The molecule has 0 bridgehead atoms. The molecule has 0 saturated heterocycles. The number of nitrogens with zero attached hydrogens (tertiary/aromatic N) is 3. The number of nitrogens with one attached hydrogen (secondary N) is 1. The maximum absolute atomic E-state index is 12.4. The average Bonchev–Trinajstić information content (AvgIpc) is 3.15. The van der Waals surface area contributed by atoms with E-state index in [0.717, 1.165) is 0 Å². The summed E-state index contributed by atoms with van der Waals surface area (Å²) in [6.45, 7) is 3.54. The van der Waals surface area contributed by atoms with Crippen molar-refractivity contribution < 1.29 is 19.4 Å². The zero-order valence-electron chi connectivity index (χ0n) is 12.7. The normalized spacial score (nSPS) is 11.9. The van der Waals surface area contributed by atoms with E-state index in [-0.39, 0.29) is 18.8 Å². The molecule has 2 aromatic heterocycles. The lowest BCUT2D eigenvalue weighted by Crippen LogP contribution is -2.44. The summed E-state index contributed by atoms with van der Waals surface area (Å²) in [4.78, 5) is 23.6. The van der Waals surface area contributed by atoms with E-state index in [1.807, 2.05) is 12.1 Å². The SMILES string of the molecule is C=CCOCC(NC(=O)c1cnn(C)c1-n1cccc1)C(=O)O. The van der Waals surface area contributed by atoms with Crippen molar-refractivity contribution in [2.75, 3.05) is 13.2 Å². The smallest absolute Gasteiger partial charge is 0.328 e. The molecule has 0 aliphatic carbocycles. The molecule has 1 unspecified atom stereocenters. The summed E-state index contributed by atoms with van der Waals surface area (Å²) in [6, 6.07) is 2.48. The summed E-state index contributed by atoms with van der Waals surface area (Å²) in [5.41, 5.74) is 0.277. The van der Waals surface area contributed by atoms with Gasteiger partial charge in [-0.2, -0.15) is 5.10 Å². The summed E-state index contributed by atoms with van der Waals surface area (Å²) in [5, 5.41) is 15.7. The van der Waals surface area contributed by atoms with Gasteiger partial charge in [0.05, 0.1) is 19.4 Å². The number of ether oxygens (including phenoxy) is 1. The standard InChI is InChI=1S/C15H18N4O4/c1-3-8-23-10-12(15(21)22)17-13(20)11-9-16-18(2)14(11)19-6-4-5-7-19/h3-7,9,12H,1,8,10H2,2H3,(H,17,20)(H,21,22). The van der Waals surface area contributed by atoms with E-state index in [9.17, 15) is 14.7 Å². The van der Waals surface area contributed by atoms with E-state index in [4.69, 9.17) is 4.74 Å². The largest absolute Gasteiger partial charge is 0.480 e. The number of aromatic nitrogens is 3. The van der Waals surface area contributed by atoms with Crippen molar-refractivity contribution in [2.45, 2.75) is 6.04 Å². The van der Waals surface area contributed by atoms with E-state index >= 15 is 0 Å². The Kier molecular flexibility index (Phi) is 5.32. The number of aryl methyl sites for hydroxylation is 1. The number of hydrogen-bond acceptors (Lipinski definition) is 4. The van der Waals surface area contributed by atoms with E-state index in [0.29, 0.717) is 5.82 Å². The number of rotatable bonds is 8. The number of carbonyl (C=O) groups excluding carboxylic acids is 1. The van der Waals surface area contributed by atoms with Gasteiger partial charge in [0.15, 0.2) is 6.04 Å². The Morgan fingerprint density at radius 2 is 2.17 bits per heavy atom. The minimum Gasteiger partial charge on any atom is -0.480 e. The van der Waals surface area contributed by atoms with Crippen LogP contribution in [-0.4, -0.2) is 50.6 Å². The van der Waals surface area contributed by atoms with Crippen LogP contribution in [0.3, 0.4) is 0 Å². The molecule has 122 valence electrons. The van der Waals surface area contributed by atoms with Crippen LogP contribution in [0.4, 0.5) is 0 Å². The van der Waals surface area contributed by atoms with Crippen molar-refractivity contribution in [1.82, 2.24) is 19.7 Å². The molecular weight excluding hydrogens is 300 g/mol. The third-order valence-corrected chi connectivity index (χ3v) is 3.12. The monoisotopic (exact) mass is 318 g/mol. The van der Waals surface area contributed by atoms with Crippen LogP contribution in [0, 0.1) is 0 Å². The lowest BCUT2D eigenvalue weighted by molar-refractivity contribution is -0.140. The lowest BCUT2D eigenvalue weighted by Gasteiger charge is -2.14. The van der Waals surface area contributed by atoms with Crippen LogP contribution in [0.25, 0.3) is 5.82 Å². The first-order valence-electron chi connectivity index (χ1n) is 6.92. The highest BCUT2D eigenvalue weighted by molar-refractivity contribution is 5.99. The van der Waals surface area contributed by atoms with Gasteiger partial charge >= 0.3 is 5.97 Å². The zero-order valence-corrected chi connectivity index (χ0v) is 12.7. The molecule has 2 N–H and O–H groups in total. The second kappa shape index (κ2) is 7.41. The Bertz CT molecular complexity index is 690. The predicted octanol–water partition coefficient (Wildman–Crippen LogP) is 0.596. The van der Waals surface area contributed by atoms with E-state index in [1.54, 1.807) is 28.7 Å². The molecule has 2 rings (SSSR count). The average molecular weight is 318 g/mol. The summed E-state index contributed by atoms with van der Waals surface area (Å²) in [5.74, 6) is -1.16. The third kappa shape index (κ3) is 3.86. The van der Waals surface area contributed by atoms with Crippen molar-refractivity contribution in [3.8, 4) is 5.82 Å². The Morgan fingerprint density at radius 1 is 1.48 bits per heavy atom. The summed E-state index contributed by atoms with van der Waals surface area (Å²) < 4.78 is 8.38. The molecule has 0 radical (unpaired) electrons. The van der Waals surface area contributed by atoms with Crippen LogP contribution >= 0.6 is 0 Å². The molecule has 0 aromatic carbocycles. The molecule has 0 aliphatic heterocycles. The lowest BCUT2D eigenvalue weighted by atomic mass is 10.2. The molecule has 8 heteroatoms. The Labute approximate surface area is 133 Å². The van der Waals surface area contributed by atoms with E-state index in [2.05, 4.69) is 17.0 Å². The van der Waals surface area contributed by atoms with Crippen LogP contribution in [0.1, 0.15) is 10.4 Å².